The first-order valence-electron chi connectivity index (χ1n) is 2.95. The van der Waals surface area contributed by atoms with Gasteiger partial charge in [-0.25, -0.2) is 0 Å². The summed E-state index contributed by atoms with van der Waals surface area (Å²) < 4.78 is 5.96. The summed E-state index contributed by atoms with van der Waals surface area (Å²) in [7, 11) is 1.63. The van der Waals surface area contributed by atoms with Crippen molar-refractivity contribution >= 4 is 15.9 Å². The van der Waals surface area contributed by atoms with Crippen LogP contribution >= 0.6 is 15.9 Å². The Morgan fingerprint density at radius 1 is 1.60 bits per heavy atom. The third kappa shape index (κ3) is 2.87. The summed E-state index contributed by atoms with van der Waals surface area (Å²) in [6, 6.07) is 0. The van der Waals surface area contributed by atoms with Crippen LogP contribution in [0.1, 0.15) is 6.92 Å². The molecule has 2 heteroatoms. The number of allylic oxidation sites excluding steroid dienone is 4. The van der Waals surface area contributed by atoms with Crippen molar-refractivity contribution in [3.63, 3.8) is 0 Å². The van der Waals surface area contributed by atoms with Gasteiger partial charge in [0.2, 0.25) is 0 Å². The molecule has 0 fully saturated rings. The molecule has 0 aliphatic heterocycles. The molecule has 0 unspecified atom stereocenters. The van der Waals surface area contributed by atoms with Crippen LogP contribution in [0.25, 0.3) is 0 Å². The molecule has 0 aromatic rings. The molecule has 0 amide bonds. The van der Waals surface area contributed by atoms with E-state index >= 15 is 0 Å². The zero-order valence-corrected chi connectivity index (χ0v) is 7.81. The highest BCUT2D eigenvalue weighted by Crippen LogP contribution is 2.16. The van der Waals surface area contributed by atoms with Crippen molar-refractivity contribution in [2.75, 3.05) is 7.11 Å². The molecule has 56 valence electrons. The topological polar surface area (TPSA) is 9.23 Å². The lowest BCUT2D eigenvalue weighted by atomic mass is 10.4. The third-order valence-electron chi connectivity index (χ3n) is 0.978. The molecule has 0 N–H and O–H groups in total. The van der Waals surface area contributed by atoms with Crippen LogP contribution in [-0.4, -0.2) is 7.11 Å². The fourth-order valence-electron chi connectivity index (χ4n) is 0.494. The lowest BCUT2D eigenvalue weighted by molar-refractivity contribution is 0.305. The first-order chi connectivity index (χ1) is 4.76. The summed E-state index contributed by atoms with van der Waals surface area (Å²) in [5, 5.41) is 0. The van der Waals surface area contributed by atoms with Gasteiger partial charge in [0.25, 0.3) is 0 Å². The molecule has 0 radical (unpaired) electrons. The highest BCUT2D eigenvalue weighted by Gasteiger charge is 1.95. The van der Waals surface area contributed by atoms with Crippen LogP contribution in [0, 0.1) is 0 Å². The van der Waals surface area contributed by atoms with Crippen molar-refractivity contribution in [1.82, 2.24) is 0 Å². The fraction of sp³-hybridized carbons (Fsp3) is 0.250. The molecule has 0 aromatic carbocycles. The molecule has 0 bridgehead atoms. The Kier molecular flexibility index (Phi) is 5.03. The van der Waals surface area contributed by atoms with E-state index in [9.17, 15) is 0 Å². The zero-order chi connectivity index (χ0) is 7.98. The summed E-state index contributed by atoms with van der Waals surface area (Å²) >= 11 is 3.32. The molecule has 0 aromatic heterocycles. The van der Waals surface area contributed by atoms with E-state index in [2.05, 4.69) is 22.5 Å². The molecule has 0 saturated heterocycles. The highest BCUT2D eigenvalue weighted by atomic mass is 79.9. The zero-order valence-electron chi connectivity index (χ0n) is 6.23. The van der Waals surface area contributed by atoms with Gasteiger partial charge < -0.3 is 4.74 Å². The normalized spacial score (nSPS) is 13.1. The largest absolute Gasteiger partial charge is 0.496 e. The smallest absolute Gasteiger partial charge is 0.132 e. The maximum atomic E-state index is 5.02. The van der Waals surface area contributed by atoms with E-state index < -0.39 is 0 Å². The van der Waals surface area contributed by atoms with E-state index in [1.54, 1.807) is 19.3 Å². The van der Waals surface area contributed by atoms with Gasteiger partial charge in [-0.3, -0.25) is 0 Å². The van der Waals surface area contributed by atoms with Gasteiger partial charge >= 0.3 is 0 Å². The van der Waals surface area contributed by atoms with Crippen molar-refractivity contribution in [1.29, 1.82) is 0 Å². The minimum Gasteiger partial charge on any atom is -0.496 e. The summed E-state index contributed by atoms with van der Waals surface area (Å²) in [4.78, 5) is 0. The van der Waals surface area contributed by atoms with Crippen LogP contribution in [0.4, 0.5) is 0 Å². The average molecular weight is 203 g/mol. The summed E-state index contributed by atoms with van der Waals surface area (Å²) in [5.74, 6) is 0.789. The van der Waals surface area contributed by atoms with Crippen LogP contribution in [0.5, 0.6) is 0 Å². The number of rotatable bonds is 3. The standard InChI is InChI=1S/C8H11BrO/c1-4-6-8(10-3)7(9)5-2/h4-6H,1H2,2-3H3/b7-5+,8-6+. The van der Waals surface area contributed by atoms with Gasteiger partial charge in [-0.2, -0.15) is 0 Å². The van der Waals surface area contributed by atoms with E-state index in [0.29, 0.717) is 0 Å². The van der Waals surface area contributed by atoms with Crippen LogP contribution in [-0.2, 0) is 4.74 Å². The van der Waals surface area contributed by atoms with Crippen molar-refractivity contribution in [3.8, 4) is 0 Å². The molecule has 0 saturated carbocycles. The summed E-state index contributed by atoms with van der Waals surface area (Å²) in [5.41, 5.74) is 0. The molecule has 0 rings (SSSR count). The maximum absolute atomic E-state index is 5.02. The van der Waals surface area contributed by atoms with Crippen LogP contribution in [0.15, 0.2) is 35.0 Å². The molecule has 0 aliphatic carbocycles. The maximum Gasteiger partial charge on any atom is 0.132 e. The Morgan fingerprint density at radius 2 is 2.20 bits per heavy atom. The van der Waals surface area contributed by atoms with E-state index in [-0.39, 0.29) is 0 Å². The fourth-order valence-corrected chi connectivity index (χ4v) is 0.788. The predicted molar refractivity (Wildman–Crippen MR) is 48.0 cm³/mol. The second-order valence-corrected chi connectivity index (χ2v) is 2.46. The monoisotopic (exact) mass is 202 g/mol. The van der Waals surface area contributed by atoms with Gasteiger partial charge in [0, 0.05) is 0 Å². The van der Waals surface area contributed by atoms with Crippen molar-refractivity contribution in [2.45, 2.75) is 6.92 Å². The minimum atomic E-state index is 0.789. The van der Waals surface area contributed by atoms with E-state index in [1.165, 1.54) is 0 Å². The molecule has 0 atom stereocenters. The lowest BCUT2D eigenvalue weighted by Gasteiger charge is -2.01. The number of ether oxygens (including phenoxy) is 1. The predicted octanol–water partition coefficient (Wildman–Crippen LogP) is 3.00. The quantitative estimate of drug-likeness (QED) is 0.506. The molecule has 0 spiro atoms. The van der Waals surface area contributed by atoms with Gasteiger partial charge in [-0.05, 0) is 28.9 Å². The Balaban J connectivity index is 4.35. The van der Waals surface area contributed by atoms with Crippen LogP contribution in [0.2, 0.25) is 0 Å². The summed E-state index contributed by atoms with van der Waals surface area (Å²) in [6.45, 7) is 5.49. The van der Waals surface area contributed by atoms with E-state index in [0.717, 1.165) is 10.2 Å². The first-order valence-corrected chi connectivity index (χ1v) is 3.74. The molecular weight excluding hydrogens is 192 g/mol. The Bertz CT molecular complexity index is 168. The van der Waals surface area contributed by atoms with Gasteiger partial charge in [-0.1, -0.05) is 18.7 Å². The van der Waals surface area contributed by atoms with E-state index in [1.807, 2.05) is 13.0 Å². The third-order valence-corrected chi connectivity index (χ3v) is 1.83. The van der Waals surface area contributed by atoms with E-state index in [4.69, 9.17) is 4.74 Å². The summed E-state index contributed by atoms with van der Waals surface area (Å²) in [6.07, 6.45) is 5.40. The molecule has 0 aliphatic rings. The van der Waals surface area contributed by atoms with Gasteiger partial charge in [0.1, 0.15) is 5.76 Å². The van der Waals surface area contributed by atoms with Crippen molar-refractivity contribution < 1.29 is 4.74 Å². The Hall–Kier alpha value is -0.500. The number of methoxy groups -OCH3 is 1. The van der Waals surface area contributed by atoms with Crippen LogP contribution in [0.3, 0.4) is 0 Å². The highest BCUT2D eigenvalue weighted by molar-refractivity contribution is 9.11. The Morgan fingerprint density at radius 3 is 2.50 bits per heavy atom. The molecule has 10 heavy (non-hydrogen) atoms. The average Bonchev–Trinajstić information content (AvgIpc) is 1.99. The minimum absolute atomic E-state index is 0.789. The molecule has 0 heterocycles. The molecular formula is C8H11BrO. The second-order valence-electron chi connectivity index (χ2n) is 1.61. The Labute approximate surface area is 70.2 Å². The van der Waals surface area contributed by atoms with Gasteiger partial charge in [-0.15, -0.1) is 0 Å². The number of hydrogen-bond acceptors (Lipinski definition) is 1. The first kappa shape index (κ1) is 9.50. The number of halogens is 1. The lowest BCUT2D eigenvalue weighted by Crippen LogP contribution is -1.84. The van der Waals surface area contributed by atoms with Crippen LogP contribution < -0.4 is 0 Å². The van der Waals surface area contributed by atoms with Crippen molar-refractivity contribution in [2.24, 2.45) is 0 Å². The van der Waals surface area contributed by atoms with Gasteiger partial charge in [0.15, 0.2) is 0 Å². The van der Waals surface area contributed by atoms with Crippen molar-refractivity contribution in [3.05, 3.63) is 35.0 Å². The second kappa shape index (κ2) is 5.30. The molecule has 1 nitrogen and oxygen atoms in total. The number of hydrogen-bond donors (Lipinski definition) is 0. The SMILES string of the molecule is C=C/C=C(OC)\C(Br)=C/C. The van der Waals surface area contributed by atoms with Gasteiger partial charge in [0.05, 0.1) is 11.6 Å².